The monoisotopic (exact) mass is 250 g/mol. The Kier molecular flexibility index (Phi) is 2.88. The van der Waals surface area contributed by atoms with Crippen molar-refractivity contribution in [3.63, 3.8) is 0 Å². The predicted molar refractivity (Wildman–Crippen MR) is 76.3 cm³/mol. The highest BCUT2D eigenvalue weighted by Crippen LogP contribution is 2.15. The van der Waals surface area contributed by atoms with E-state index in [2.05, 4.69) is 11.9 Å². The molecule has 3 heteroatoms. The van der Waals surface area contributed by atoms with E-state index in [0.29, 0.717) is 5.65 Å². The highest BCUT2D eigenvalue weighted by molar-refractivity contribution is 5.61. The van der Waals surface area contributed by atoms with Gasteiger partial charge in [-0.05, 0) is 24.1 Å². The molecule has 0 aliphatic carbocycles. The number of benzene rings is 1. The van der Waals surface area contributed by atoms with Gasteiger partial charge in [-0.3, -0.25) is 9.20 Å². The highest BCUT2D eigenvalue weighted by Gasteiger charge is 2.04. The van der Waals surface area contributed by atoms with Crippen LogP contribution < -0.4 is 5.56 Å². The summed E-state index contributed by atoms with van der Waals surface area (Å²) in [7, 11) is 0. The van der Waals surface area contributed by atoms with Gasteiger partial charge in [0.2, 0.25) is 0 Å². The summed E-state index contributed by atoms with van der Waals surface area (Å²) in [5.41, 5.74) is 3.51. The summed E-state index contributed by atoms with van der Waals surface area (Å²) in [6.07, 6.45) is 2.72. The lowest BCUT2D eigenvalue weighted by Crippen LogP contribution is -2.14. The number of aromatic nitrogens is 2. The third-order valence-electron chi connectivity index (χ3n) is 3.21. The molecule has 94 valence electrons. The average molecular weight is 250 g/mol. The van der Waals surface area contributed by atoms with Gasteiger partial charge in [0.25, 0.3) is 5.56 Å². The Labute approximate surface area is 111 Å². The molecule has 0 fully saturated rings. The molecule has 3 nitrogen and oxygen atoms in total. The molecule has 3 aromatic rings. The van der Waals surface area contributed by atoms with Crippen molar-refractivity contribution >= 4 is 5.65 Å². The molecular formula is C16H14N2O. The normalized spacial score (nSPS) is 10.8. The molecule has 0 amide bonds. The van der Waals surface area contributed by atoms with Crippen LogP contribution >= 0.6 is 0 Å². The number of nitrogens with zero attached hydrogens (tertiary/aromatic N) is 2. The number of hydrogen-bond acceptors (Lipinski definition) is 2. The van der Waals surface area contributed by atoms with Crippen LogP contribution in [0.4, 0.5) is 0 Å². The molecule has 2 heterocycles. The maximum absolute atomic E-state index is 12.1. The molecule has 0 N–H and O–H groups in total. The lowest BCUT2D eigenvalue weighted by molar-refractivity contribution is 1.02. The fraction of sp³-hybridized carbons (Fsp3) is 0.125. The van der Waals surface area contributed by atoms with Crippen LogP contribution in [-0.2, 0) is 6.42 Å². The Bertz CT molecular complexity index is 776. The molecule has 0 atom stereocenters. The van der Waals surface area contributed by atoms with E-state index in [1.165, 1.54) is 5.56 Å². The molecule has 0 saturated carbocycles. The van der Waals surface area contributed by atoms with E-state index in [4.69, 9.17) is 0 Å². The molecule has 0 aliphatic heterocycles. The van der Waals surface area contributed by atoms with Crippen molar-refractivity contribution in [1.82, 2.24) is 9.38 Å². The molecule has 0 radical (unpaired) electrons. The molecule has 0 unspecified atom stereocenters. The van der Waals surface area contributed by atoms with Gasteiger partial charge in [0.1, 0.15) is 5.65 Å². The van der Waals surface area contributed by atoms with E-state index in [9.17, 15) is 4.79 Å². The molecule has 0 saturated heterocycles. The molecule has 0 aliphatic rings. The summed E-state index contributed by atoms with van der Waals surface area (Å²) in [6.45, 7) is 2.09. The second-order valence-electron chi connectivity index (χ2n) is 4.46. The van der Waals surface area contributed by atoms with Gasteiger partial charge in [0.15, 0.2) is 0 Å². The Morgan fingerprint density at radius 3 is 2.63 bits per heavy atom. The van der Waals surface area contributed by atoms with Gasteiger partial charge in [-0.25, -0.2) is 4.98 Å². The van der Waals surface area contributed by atoms with Gasteiger partial charge in [-0.2, -0.15) is 0 Å². The summed E-state index contributed by atoms with van der Waals surface area (Å²) < 4.78 is 1.58. The van der Waals surface area contributed by atoms with Crippen molar-refractivity contribution in [3.05, 3.63) is 70.6 Å². The third kappa shape index (κ3) is 2.15. The molecule has 19 heavy (non-hydrogen) atoms. The second-order valence-corrected chi connectivity index (χ2v) is 4.46. The smallest absolute Gasteiger partial charge is 0.258 e. The molecular weight excluding hydrogens is 236 g/mol. The Morgan fingerprint density at radius 1 is 1.11 bits per heavy atom. The Balaban J connectivity index is 2.26. The van der Waals surface area contributed by atoms with Crippen molar-refractivity contribution in [1.29, 1.82) is 0 Å². The van der Waals surface area contributed by atoms with E-state index in [0.717, 1.165) is 17.7 Å². The SMILES string of the molecule is CCc1ccn2c(=O)cc(-c3ccccc3)nc2c1. The van der Waals surface area contributed by atoms with Crippen molar-refractivity contribution in [2.24, 2.45) is 0 Å². The van der Waals surface area contributed by atoms with E-state index >= 15 is 0 Å². The maximum atomic E-state index is 12.1. The van der Waals surface area contributed by atoms with Crippen LogP contribution in [0.5, 0.6) is 0 Å². The van der Waals surface area contributed by atoms with E-state index in [1.54, 1.807) is 16.7 Å². The number of fused-ring (bicyclic) bond motifs is 1. The fourth-order valence-corrected chi connectivity index (χ4v) is 2.12. The van der Waals surface area contributed by atoms with Gasteiger partial charge in [0, 0.05) is 17.8 Å². The lowest BCUT2D eigenvalue weighted by Gasteiger charge is -2.05. The first kappa shape index (κ1) is 11.7. The highest BCUT2D eigenvalue weighted by atomic mass is 16.1. The first-order chi connectivity index (χ1) is 9.28. The molecule has 0 bridgehead atoms. The van der Waals surface area contributed by atoms with E-state index in [1.807, 2.05) is 42.5 Å². The molecule has 1 aromatic carbocycles. The van der Waals surface area contributed by atoms with Crippen molar-refractivity contribution in [3.8, 4) is 11.3 Å². The van der Waals surface area contributed by atoms with Gasteiger partial charge in [-0.15, -0.1) is 0 Å². The van der Waals surface area contributed by atoms with E-state index in [-0.39, 0.29) is 5.56 Å². The summed E-state index contributed by atoms with van der Waals surface area (Å²) in [6, 6.07) is 15.3. The minimum Gasteiger partial charge on any atom is -0.269 e. The molecule has 3 rings (SSSR count). The Morgan fingerprint density at radius 2 is 1.89 bits per heavy atom. The fourth-order valence-electron chi connectivity index (χ4n) is 2.12. The maximum Gasteiger partial charge on any atom is 0.258 e. The van der Waals surface area contributed by atoms with Crippen LogP contribution in [-0.4, -0.2) is 9.38 Å². The quantitative estimate of drug-likeness (QED) is 0.700. The van der Waals surface area contributed by atoms with Crippen LogP contribution in [0, 0.1) is 0 Å². The number of pyridine rings is 1. The number of hydrogen-bond donors (Lipinski definition) is 0. The summed E-state index contributed by atoms with van der Waals surface area (Å²) in [5.74, 6) is 0. The van der Waals surface area contributed by atoms with Crippen LogP contribution in [0.2, 0.25) is 0 Å². The largest absolute Gasteiger partial charge is 0.269 e. The van der Waals surface area contributed by atoms with Gasteiger partial charge >= 0.3 is 0 Å². The zero-order valence-corrected chi connectivity index (χ0v) is 10.7. The zero-order valence-electron chi connectivity index (χ0n) is 10.7. The summed E-state index contributed by atoms with van der Waals surface area (Å²) in [4.78, 5) is 16.7. The predicted octanol–water partition coefficient (Wildman–Crippen LogP) is 2.92. The third-order valence-corrected chi connectivity index (χ3v) is 3.21. The molecule has 0 spiro atoms. The van der Waals surface area contributed by atoms with Gasteiger partial charge < -0.3 is 0 Å². The van der Waals surface area contributed by atoms with Crippen LogP contribution in [0.15, 0.2) is 59.5 Å². The first-order valence-electron chi connectivity index (χ1n) is 6.35. The number of aryl methyl sites for hydroxylation is 1. The van der Waals surface area contributed by atoms with Gasteiger partial charge in [-0.1, -0.05) is 37.3 Å². The minimum atomic E-state index is -0.0495. The summed E-state index contributed by atoms with van der Waals surface area (Å²) in [5, 5.41) is 0. The lowest BCUT2D eigenvalue weighted by atomic mass is 10.1. The Hall–Kier alpha value is -2.42. The zero-order chi connectivity index (χ0) is 13.2. The minimum absolute atomic E-state index is 0.0495. The number of rotatable bonds is 2. The average Bonchev–Trinajstić information content (AvgIpc) is 2.47. The van der Waals surface area contributed by atoms with Crippen molar-refractivity contribution < 1.29 is 0 Å². The van der Waals surface area contributed by atoms with Gasteiger partial charge in [0.05, 0.1) is 5.69 Å². The van der Waals surface area contributed by atoms with Crippen LogP contribution in [0.25, 0.3) is 16.9 Å². The topological polar surface area (TPSA) is 34.4 Å². The summed E-state index contributed by atoms with van der Waals surface area (Å²) >= 11 is 0. The van der Waals surface area contributed by atoms with Crippen molar-refractivity contribution in [2.75, 3.05) is 0 Å². The second kappa shape index (κ2) is 4.69. The van der Waals surface area contributed by atoms with Crippen molar-refractivity contribution in [2.45, 2.75) is 13.3 Å². The van der Waals surface area contributed by atoms with E-state index < -0.39 is 0 Å². The molecule has 2 aromatic heterocycles. The first-order valence-corrected chi connectivity index (χ1v) is 6.35. The van der Waals surface area contributed by atoms with Crippen LogP contribution in [0.1, 0.15) is 12.5 Å². The van der Waals surface area contributed by atoms with Crippen LogP contribution in [0.3, 0.4) is 0 Å². The standard InChI is InChI=1S/C16H14N2O/c1-2-12-8-9-18-15(10-12)17-14(11-16(18)19)13-6-4-3-5-7-13/h3-11H,2H2,1H3.